The number of halogens is 1. The predicted molar refractivity (Wildman–Crippen MR) is 156 cm³/mol. The van der Waals surface area contributed by atoms with E-state index in [0.717, 1.165) is 35.8 Å². The molecule has 1 atom stereocenters. The summed E-state index contributed by atoms with van der Waals surface area (Å²) in [6.07, 6.45) is 2.03. The summed E-state index contributed by atoms with van der Waals surface area (Å²) in [4.78, 5) is 26.5. The van der Waals surface area contributed by atoms with Crippen LogP contribution in [0.1, 0.15) is 37.0 Å². The van der Waals surface area contributed by atoms with Gasteiger partial charge in [0.15, 0.2) is 0 Å². The number of nitrogens with zero attached hydrogens (tertiary/aromatic N) is 2. The van der Waals surface area contributed by atoms with E-state index in [1.165, 1.54) is 0 Å². The number of ether oxygens (including phenoxy) is 1. The van der Waals surface area contributed by atoms with Crippen molar-refractivity contribution in [3.05, 3.63) is 83.0 Å². The molecule has 10 heteroatoms. The molecule has 1 aliphatic carbocycles. The number of hydrogen-bond acceptors (Lipinski definition) is 6. The molecule has 6 rings (SSSR count). The second-order valence-electron chi connectivity index (χ2n) is 9.65. The Labute approximate surface area is 237 Å². The van der Waals surface area contributed by atoms with Crippen molar-refractivity contribution in [1.82, 2.24) is 9.78 Å². The number of carboxylic acids is 1. The largest absolute Gasteiger partial charge is 0.481 e. The van der Waals surface area contributed by atoms with Gasteiger partial charge in [0.25, 0.3) is 0 Å². The number of carbonyl (C=O) groups is 2. The molecule has 0 radical (unpaired) electrons. The molecule has 5 aromatic rings. The molecule has 0 aliphatic heterocycles. The van der Waals surface area contributed by atoms with Crippen LogP contribution in [0.4, 0.5) is 10.6 Å². The first-order valence-electron chi connectivity index (χ1n) is 12.4. The quantitative estimate of drug-likeness (QED) is 0.204. The zero-order chi connectivity index (χ0) is 27.3. The van der Waals surface area contributed by atoms with Crippen LogP contribution in [-0.2, 0) is 22.0 Å². The minimum atomic E-state index is -0.832. The van der Waals surface area contributed by atoms with Crippen molar-refractivity contribution in [3.8, 4) is 20.9 Å². The predicted octanol–water partition coefficient (Wildman–Crippen LogP) is 8.11. The second kappa shape index (κ2) is 9.82. The molecule has 2 N–H and O–H groups in total. The number of carbonyl (C=O) groups excluding carboxylic acids is 1. The molecule has 3 aromatic heterocycles. The summed E-state index contributed by atoms with van der Waals surface area (Å²) >= 11 is 9.79. The zero-order valence-corrected chi connectivity index (χ0v) is 23.5. The van der Waals surface area contributed by atoms with Crippen LogP contribution < -0.4 is 5.32 Å². The van der Waals surface area contributed by atoms with Crippen molar-refractivity contribution in [2.45, 2.75) is 31.3 Å². The summed E-state index contributed by atoms with van der Waals surface area (Å²) in [5, 5.41) is 17.3. The molecule has 0 bridgehead atoms. The first-order valence-corrected chi connectivity index (χ1v) is 14.4. The fraction of sp³-hybridized carbons (Fsp3) is 0.207. The minimum Gasteiger partial charge on any atom is -0.481 e. The van der Waals surface area contributed by atoms with Crippen molar-refractivity contribution in [3.63, 3.8) is 0 Å². The van der Waals surface area contributed by atoms with E-state index < -0.39 is 23.6 Å². The van der Waals surface area contributed by atoms with Gasteiger partial charge in [-0.05, 0) is 54.7 Å². The van der Waals surface area contributed by atoms with Gasteiger partial charge in [0.05, 0.1) is 17.2 Å². The van der Waals surface area contributed by atoms with Crippen LogP contribution in [-0.4, -0.2) is 26.9 Å². The Kier molecular flexibility index (Phi) is 6.45. The smallest absolute Gasteiger partial charge is 0.413 e. The summed E-state index contributed by atoms with van der Waals surface area (Å²) in [7, 11) is 1.78. The van der Waals surface area contributed by atoms with Gasteiger partial charge in [0.2, 0.25) is 0 Å². The molecule has 39 heavy (non-hydrogen) atoms. The van der Waals surface area contributed by atoms with E-state index >= 15 is 0 Å². The highest BCUT2D eigenvalue weighted by Gasteiger charge is 2.52. The zero-order valence-electron chi connectivity index (χ0n) is 21.1. The van der Waals surface area contributed by atoms with Crippen LogP contribution in [0, 0.1) is 0 Å². The van der Waals surface area contributed by atoms with Crippen molar-refractivity contribution < 1.29 is 19.4 Å². The standard InChI is InChI=1S/C29H24ClN3O4S2/c1-16(17-6-4-3-5-7-17)37-28(36)32-26-19(15-31-33(26)2)23-14-25-24(39-23)13-22(38-25)18-8-9-20(21(30)12-18)29(10-11-29)27(34)35/h3-9,12-16H,10-11H2,1-2H3,(H,32,36)(H,34,35)/t16-/m1/s1. The van der Waals surface area contributed by atoms with Crippen LogP contribution in [0.15, 0.2) is 66.9 Å². The first-order chi connectivity index (χ1) is 18.7. The lowest BCUT2D eigenvalue weighted by Crippen LogP contribution is -2.19. The molecule has 7 nitrogen and oxygen atoms in total. The lowest BCUT2D eigenvalue weighted by molar-refractivity contribution is -0.140. The van der Waals surface area contributed by atoms with E-state index in [2.05, 4.69) is 22.5 Å². The number of aliphatic carboxylic acids is 1. The van der Waals surface area contributed by atoms with Crippen LogP contribution in [0.5, 0.6) is 0 Å². The highest BCUT2D eigenvalue weighted by molar-refractivity contribution is 7.31. The van der Waals surface area contributed by atoms with Crippen LogP contribution in [0.25, 0.3) is 30.3 Å². The number of benzene rings is 2. The third-order valence-corrected chi connectivity index (χ3v) is 9.80. The summed E-state index contributed by atoms with van der Waals surface area (Å²) in [5.74, 6) is -0.256. The number of carboxylic acid groups (broad SMARTS) is 1. The molecule has 0 saturated heterocycles. The van der Waals surface area contributed by atoms with Crippen molar-refractivity contribution >= 4 is 61.6 Å². The SMILES string of the molecule is C[C@@H](OC(=O)Nc1c(-c2cc3sc(-c4ccc(C5(C(=O)O)CC5)c(Cl)c4)cc3s2)cnn1C)c1ccccc1. The fourth-order valence-corrected chi connectivity index (χ4v) is 7.50. The molecule has 1 amide bonds. The highest BCUT2D eigenvalue weighted by Crippen LogP contribution is 2.51. The van der Waals surface area contributed by atoms with Crippen molar-refractivity contribution in [2.75, 3.05) is 5.32 Å². The lowest BCUT2D eigenvalue weighted by atomic mass is 9.95. The van der Waals surface area contributed by atoms with Crippen LogP contribution in [0.2, 0.25) is 5.02 Å². The normalized spacial score (nSPS) is 14.7. The maximum atomic E-state index is 12.7. The third-order valence-electron chi connectivity index (χ3n) is 7.11. The average Bonchev–Trinajstić information content (AvgIpc) is 3.31. The number of fused-ring (bicyclic) bond motifs is 1. The number of hydrogen-bond donors (Lipinski definition) is 2. The van der Waals surface area contributed by atoms with Gasteiger partial charge in [-0.15, -0.1) is 22.7 Å². The summed E-state index contributed by atoms with van der Waals surface area (Å²) in [6.45, 7) is 1.83. The van der Waals surface area contributed by atoms with E-state index in [4.69, 9.17) is 16.3 Å². The van der Waals surface area contributed by atoms with E-state index in [9.17, 15) is 14.7 Å². The molecule has 3 heterocycles. The Morgan fingerprint density at radius 3 is 2.44 bits per heavy atom. The highest BCUT2D eigenvalue weighted by atomic mass is 35.5. The third kappa shape index (κ3) is 4.71. The van der Waals surface area contributed by atoms with Crippen molar-refractivity contribution in [2.24, 2.45) is 7.05 Å². The molecule has 1 saturated carbocycles. The Hall–Kier alpha value is -3.66. The van der Waals surface area contributed by atoms with Gasteiger partial charge >= 0.3 is 12.1 Å². The maximum Gasteiger partial charge on any atom is 0.413 e. The van der Waals surface area contributed by atoms with Crippen molar-refractivity contribution in [1.29, 1.82) is 0 Å². The van der Waals surface area contributed by atoms with E-state index in [-0.39, 0.29) is 0 Å². The van der Waals surface area contributed by atoms with E-state index in [1.54, 1.807) is 40.6 Å². The number of aryl methyl sites for hydroxylation is 1. The number of anilines is 1. The van der Waals surface area contributed by atoms with Gasteiger partial charge in [0, 0.05) is 31.2 Å². The summed E-state index contributed by atoms with van der Waals surface area (Å²) < 4.78 is 9.42. The Bertz CT molecular complexity index is 1690. The number of rotatable bonds is 7. The minimum absolute atomic E-state index is 0.394. The number of nitrogens with one attached hydrogen (secondary N) is 1. The molecule has 1 aliphatic rings. The van der Waals surface area contributed by atoms with Gasteiger partial charge in [-0.1, -0.05) is 54.1 Å². The van der Waals surface area contributed by atoms with Gasteiger partial charge < -0.3 is 9.84 Å². The van der Waals surface area contributed by atoms with Gasteiger partial charge in [-0.3, -0.25) is 14.8 Å². The van der Waals surface area contributed by atoms with E-state index in [1.807, 2.05) is 55.5 Å². The Balaban J connectivity index is 1.22. The topological polar surface area (TPSA) is 93.4 Å². The molecule has 2 aromatic carbocycles. The molecule has 1 fully saturated rings. The summed E-state index contributed by atoms with van der Waals surface area (Å²) in [5.41, 5.74) is 2.54. The molecular weight excluding hydrogens is 554 g/mol. The number of thiophene rings is 2. The fourth-order valence-electron chi connectivity index (χ4n) is 4.74. The Morgan fingerprint density at radius 1 is 1.08 bits per heavy atom. The Morgan fingerprint density at radius 2 is 1.77 bits per heavy atom. The molecular formula is C29H24ClN3O4S2. The number of aromatic nitrogens is 2. The van der Waals surface area contributed by atoms with Gasteiger partial charge in [-0.25, -0.2) is 4.79 Å². The average molecular weight is 578 g/mol. The first kappa shape index (κ1) is 25.6. The molecule has 0 unspecified atom stereocenters. The van der Waals surface area contributed by atoms with Gasteiger partial charge in [-0.2, -0.15) is 5.10 Å². The van der Waals surface area contributed by atoms with E-state index in [0.29, 0.717) is 29.2 Å². The van der Waals surface area contributed by atoms with Crippen LogP contribution >= 0.6 is 34.3 Å². The summed E-state index contributed by atoms with van der Waals surface area (Å²) in [6, 6.07) is 19.4. The number of amides is 1. The molecule has 0 spiro atoms. The molecule has 198 valence electrons. The van der Waals surface area contributed by atoms with Gasteiger partial charge in [0.1, 0.15) is 11.9 Å². The second-order valence-corrected chi connectivity index (χ2v) is 12.2. The maximum absolute atomic E-state index is 12.7. The monoisotopic (exact) mass is 577 g/mol. The lowest BCUT2D eigenvalue weighted by Gasteiger charge is -2.14. The van der Waals surface area contributed by atoms with Crippen LogP contribution in [0.3, 0.4) is 0 Å².